The summed E-state index contributed by atoms with van der Waals surface area (Å²) in [5, 5.41) is 2.77. The fraction of sp³-hybridized carbons (Fsp3) is 0.286. The van der Waals surface area contributed by atoms with Gasteiger partial charge in [0.25, 0.3) is 0 Å². The summed E-state index contributed by atoms with van der Waals surface area (Å²) in [6.45, 7) is 1.24. The number of hydrogen-bond acceptors (Lipinski definition) is 5. The first-order chi connectivity index (χ1) is 17.5. The number of carbonyl (C=O) groups is 2. The van der Waals surface area contributed by atoms with E-state index in [1.165, 1.54) is 0 Å². The Hall–Kier alpha value is -2.84. The predicted molar refractivity (Wildman–Crippen MR) is 146 cm³/mol. The molecule has 1 amide bonds. The van der Waals surface area contributed by atoms with E-state index in [-0.39, 0.29) is 31.5 Å². The monoisotopic (exact) mass is 617 g/mol. The van der Waals surface area contributed by atoms with Crippen molar-refractivity contribution in [2.45, 2.75) is 32.5 Å². The second-order valence-electron chi connectivity index (χ2n) is 8.26. The highest BCUT2D eigenvalue weighted by Gasteiger charge is 2.17. The van der Waals surface area contributed by atoms with Gasteiger partial charge in [0.15, 0.2) is 0 Å². The van der Waals surface area contributed by atoms with E-state index < -0.39 is 6.09 Å². The molecule has 3 aromatic rings. The highest BCUT2D eigenvalue weighted by atomic mass is 79.9. The van der Waals surface area contributed by atoms with Crippen molar-refractivity contribution < 1.29 is 23.8 Å². The SMILES string of the molecule is O=C(C[C@@H](CCCNC(=O)OCc1ccccc1)COc1cc(Br)cc(Br)c1)OCc1ccccc1. The molecule has 0 aliphatic heterocycles. The molecule has 0 aliphatic rings. The van der Waals surface area contributed by atoms with E-state index in [1.54, 1.807) is 0 Å². The van der Waals surface area contributed by atoms with E-state index in [4.69, 9.17) is 14.2 Å². The van der Waals surface area contributed by atoms with Crippen LogP contribution in [0.5, 0.6) is 5.75 Å². The van der Waals surface area contributed by atoms with Gasteiger partial charge in [-0.25, -0.2) is 4.79 Å². The highest BCUT2D eigenvalue weighted by Crippen LogP contribution is 2.26. The van der Waals surface area contributed by atoms with Crippen LogP contribution in [0.15, 0.2) is 87.8 Å². The maximum Gasteiger partial charge on any atom is 0.407 e. The molecule has 0 bridgehead atoms. The van der Waals surface area contributed by atoms with Crippen molar-refractivity contribution in [3.05, 3.63) is 98.9 Å². The number of rotatable bonds is 13. The Morgan fingerprint density at radius 3 is 2.00 bits per heavy atom. The Labute approximate surface area is 228 Å². The zero-order valence-corrected chi connectivity index (χ0v) is 23.0. The zero-order chi connectivity index (χ0) is 25.6. The number of nitrogens with one attached hydrogen (secondary N) is 1. The smallest absolute Gasteiger partial charge is 0.407 e. The lowest BCUT2D eigenvalue weighted by Gasteiger charge is -2.18. The van der Waals surface area contributed by atoms with Gasteiger partial charge in [-0.05, 0) is 42.2 Å². The van der Waals surface area contributed by atoms with Crippen LogP contribution in [0.3, 0.4) is 0 Å². The lowest BCUT2D eigenvalue weighted by atomic mass is 10.0. The van der Waals surface area contributed by atoms with E-state index in [1.807, 2.05) is 78.9 Å². The van der Waals surface area contributed by atoms with Crippen LogP contribution in [-0.4, -0.2) is 25.2 Å². The van der Waals surface area contributed by atoms with E-state index in [0.717, 1.165) is 20.1 Å². The summed E-state index contributed by atoms with van der Waals surface area (Å²) in [6.07, 6.45) is 1.10. The van der Waals surface area contributed by atoms with Gasteiger partial charge in [0.05, 0.1) is 13.0 Å². The minimum absolute atomic E-state index is 0.0758. The standard InChI is InChI=1S/C28H29Br2NO5/c29-24-15-25(30)17-26(16-24)34-20-23(14-27(32)35-18-21-8-3-1-4-9-21)12-7-13-31-28(33)36-19-22-10-5-2-6-11-22/h1-6,8-11,15-17,23H,7,12-14,18-20H2,(H,31,33)/t23-/m1/s1. The summed E-state index contributed by atoms with van der Waals surface area (Å²) >= 11 is 6.92. The Bertz CT molecular complexity index is 1080. The van der Waals surface area contributed by atoms with E-state index in [0.29, 0.717) is 31.7 Å². The number of carbonyl (C=O) groups excluding carboxylic acids is 2. The molecule has 0 heterocycles. The average molecular weight is 619 g/mol. The number of hydrogen-bond donors (Lipinski definition) is 1. The summed E-state index contributed by atoms with van der Waals surface area (Å²) in [4.78, 5) is 24.5. The molecule has 0 spiro atoms. The summed E-state index contributed by atoms with van der Waals surface area (Å²) in [5.41, 5.74) is 1.87. The molecule has 190 valence electrons. The molecule has 36 heavy (non-hydrogen) atoms. The quantitative estimate of drug-likeness (QED) is 0.164. The third-order valence-electron chi connectivity index (χ3n) is 5.29. The van der Waals surface area contributed by atoms with E-state index in [9.17, 15) is 9.59 Å². The first-order valence-corrected chi connectivity index (χ1v) is 13.3. The molecule has 6 nitrogen and oxygen atoms in total. The first-order valence-electron chi connectivity index (χ1n) is 11.7. The van der Waals surface area contributed by atoms with E-state index in [2.05, 4.69) is 37.2 Å². The highest BCUT2D eigenvalue weighted by molar-refractivity contribution is 9.11. The van der Waals surface area contributed by atoms with Gasteiger partial charge >= 0.3 is 12.1 Å². The van der Waals surface area contributed by atoms with E-state index >= 15 is 0 Å². The third kappa shape index (κ3) is 10.8. The molecular weight excluding hydrogens is 590 g/mol. The van der Waals surface area contributed by atoms with Crippen LogP contribution in [0.4, 0.5) is 4.79 Å². The second-order valence-corrected chi connectivity index (χ2v) is 10.1. The van der Waals surface area contributed by atoms with Gasteiger partial charge in [-0.2, -0.15) is 0 Å². The summed E-state index contributed by atoms with van der Waals surface area (Å²) in [6, 6.07) is 24.8. The fourth-order valence-corrected chi connectivity index (χ4v) is 4.71. The maximum atomic E-state index is 12.5. The van der Waals surface area contributed by atoms with Crippen molar-refractivity contribution in [3.8, 4) is 5.75 Å². The van der Waals surface area contributed by atoms with Gasteiger partial charge < -0.3 is 19.5 Å². The van der Waals surface area contributed by atoms with Crippen LogP contribution < -0.4 is 10.1 Å². The molecule has 0 fully saturated rings. The molecule has 1 atom stereocenters. The van der Waals surface area contributed by atoms with Crippen molar-refractivity contribution in [2.24, 2.45) is 5.92 Å². The van der Waals surface area contributed by atoms with Gasteiger partial charge in [0.1, 0.15) is 19.0 Å². The van der Waals surface area contributed by atoms with Crippen molar-refractivity contribution in [1.29, 1.82) is 0 Å². The lowest BCUT2D eigenvalue weighted by molar-refractivity contribution is -0.146. The Morgan fingerprint density at radius 2 is 1.39 bits per heavy atom. The van der Waals surface area contributed by atoms with Crippen molar-refractivity contribution in [1.82, 2.24) is 5.32 Å². The Morgan fingerprint density at radius 1 is 0.806 bits per heavy atom. The normalized spacial score (nSPS) is 11.4. The predicted octanol–water partition coefficient (Wildman–Crippen LogP) is 7.05. The molecule has 3 aromatic carbocycles. The molecule has 3 rings (SSSR count). The number of amides is 1. The van der Waals surface area contributed by atoms with Crippen molar-refractivity contribution in [2.75, 3.05) is 13.2 Å². The summed E-state index contributed by atoms with van der Waals surface area (Å²) in [7, 11) is 0. The largest absolute Gasteiger partial charge is 0.493 e. The minimum Gasteiger partial charge on any atom is -0.493 e. The number of benzene rings is 3. The molecule has 0 aromatic heterocycles. The molecule has 0 unspecified atom stereocenters. The molecule has 8 heteroatoms. The number of alkyl carbamates (subject to hydrolysis) is 1. The second kappa shape index (κ2) is 15.3. The van der Waals surface area contributed by atoms with Crippen LogP contribution in [0.1, 0.15) is 30.4 Å². The van der Waals surface area contributed by atoms with Crippen LogP contribution in [0.2, 0.25) is 0 Å². The third-order valence-corrected chi connectivity index (χ3v) is 6.21. The van der Waals surface area contributed by atoms with Crippen molar-refractivity contribution in [3.63, 3.8) is 0 Å². The van der Waals surface area contributed by atoms with Gasteiger partial charge in [-0.3, -0.25) is 4.79 Å². The van der Waals surface area contributed by atoms with Gasteiger partial charge in [0.2, 0.25) is 0 Å². The summed E-state index contributed by atoms with van der Waals surface area (Å²) < 4.78 is 18.5. The molecule has 0 saturated carbocycles. The Kier molecular flexibility index (Phi) is 11.8. The van der Waals surface area contributed by atoms with Crippen molar-refractivity contribution >= 4 is 43.9 Å². The fourth-order valence-electron chi connectivity index (χ4n) is 3.46. The molecule has 0 saturated heterocycles. The first kappa shape index (κ1) is 27.7. The van der Waals surface area contributed by atoms with Crippen LogP contribution in [-0.2, 0) is 27.5 Å². The minimum atomic E-state index is -0.465. The van der Waals surface area contributed by atoms with Gasteiger partial charge in [-0.15, -0.1) is 0 Å². The lowest BCUT2D eigenvalue weighted by Crippen LogP contribution is -2.26. The van der Waals surface area contributed by atoms with Crippen LogP contribution in [0, 0.1) is 5.92 Å². The zero-order valence-electron chi connectivity index (χ0n) is 19.8. The summed E-state index contributed by atoms with van der Waals surface area (Å²) in [5.74, 6) is 0.341. The molecule has 1 N–H and O–H groups in total. The molecular formula is C28H29Br2NO5. The van der Waals surface area contributed by atoms with Gasteiger partial charge in [0, 0.05) is 21.4 Å². The molecule has 0 aliphatic carbocycles. The maximum absolute atomic E-state index is 12.5. The molecule has 0 radical (unpaired) electrons. The topological polar surface area (TPSA) is 73.9 Å². The average Bonchev–Trinajstić information content (AvgIpc) is 2.88. The number of esters is 1. The number of ether oxygens (including phenoxy) is 3. The Balaban J connectivity index is 1.46. The van der Waals surface area contributed by atoms with Gasteiger partial charge in [-0.1, -0.05) is 92.5 Å². The van der Waals surface area contributed by atoms with Crippen LogP contribution >= 0.6 is 31.9 Å². The van der Waals surface area contributed by atoms with Crippen LogP contribution in [0.25, 0.3) is 0 Å². The number of halogens is 2.